The predicted octanol–water partition coefficient (Wildman–Crippen LogP) is 2.84. The minimum Gasteiger partial charge on any atom is -0.461 e. The van der Waals surface area contributed by atoms with E-state index < -0.39 is 0 Å². The molecule has 2 aliphatic carbocycles. The van der Waals surface area contributed by atoms with Gasteiger partial charge in [-0.15, -0.1) is 0 Å². The molecule has 19 heavy (non-hydrogen) atoms. The maximum absolute atomic E-state index is 12.4. The van der Waals surface area contributed by atoms with Gasteiger partial charge in [0.05, 0.1) is 0 Å². The second-order valence-electron chi connectivity index (χ2n) is 7.67. The highest BCUT2D eigenvalue weighted by molar-refractivity contribution is 5.76. The molecule has 0 N–H and O–H groups in total. The lowest BCUT2D eigenvalue weighted by Gasteiger charge is -2.39. The van der Waals surface area contributed by atoms with Gasteiger partial charge < -0.3 is 4.74 Å². The van der Waals surface area contributed by atoms with Crippen LogP contribution in [0, 0.1) is 16.7 Å². The zero-order valence-electron chi connectivity index (χ0n) is 12.7. The van der Waals surface area contributed by atoms with Crippen LogP contribution in [0.3, 0.4) is 0 Å². The summed E-state index contributed by atoms with van der Waals surface area (Å²) in [6.07, 6.45) is 5.82. The number of esters is 1. The lowest BCUT2D eigenvalue weighted by Crippen LogP contribution is -2.42. The quantitative estimate of drug-likeness (QED) is 0.719. The van der Waals surface area contributed by atoms with Gasteiger partial charge in [0, 0.05) is 5.41 Å². The van der Waals surface area contributed by atoms with Gasteiger partial charge in [0.1, 0.15) is 12.1 Å². The summed E-state index contributed by atoms with van der Waals surface area (Å²) < 4.78 is 5.96. The molecule has 3 nitrogen and oxygen atoms in total. The molecule has 2 bridgehead atoms. The fraction of sp³-hybridized carbons (Fsp3) is 0.938. The van der Waals surface area contributed by atoms with Crippen molar-refractivity contribution in [3.8, 4) is 0 Å². The highest BCUT2D eigenvalue weighted by atomic mass is 16.5. The van der Waals surface area contributed by atoms with E-state index in [1.54, 1.807) is 0 Å². The molecular formula is C16H27NO2. The van der Waals surface area contributed by atoms with Crippen LogP contribution < -0.4 is 0 Å². The number of fused-ring (bicyclic) bond motifs is 2. The fourth-order valence-electron chi connectivity index (χ4n) is 4.74. The standard InChI is InChI=1S/C16H27NO2/c1-15(2)11-7-8-16(15,3)13(10-11)19-14(18)12-6-5-9-17(12)4/h11-13H,5-10H2,1-4H3/t11?,12-,13?,16?/m0/s1. The van der Waals surface area contributed by atoms with Gasteiger partial charge in [-0.25, -0.2) is 0 Å². The molecule has 0 spiro atoms. The lowest BCUT2D eigenvalue weighted by atomic mass is 9.70. The van der Waals surface area contributed by atoms with E-state index in [4.69, 9.17) is 4.74 Å². The van der Waals surface area contributed by atoms with Crippen LogP contribution in [0.1, 0.15) is 52.9 Å². The second kappa shape index (κ2) is 4.21. The van der Waals surface area contributed by atoms with Crippen LogP contribution in [0.2, 0.25) is 0 Å². The second-order valence-corrected chi connectivity index (χ2v) is 7.67. The van der Waals surface area contributed by atoms with Crippen LogP contribution in [0.15, 0.2) is 0 Å². The Morgan fingerprint density at radius 3 is 2.47 bits per heavy atom. The summed E-state index contributed by atoms with van der Waals surface area (Å²) in [5.41, 5.74) is 0.504. The van der Waals surface area contributed by atoms with Gasteiger partial charge in [-0.05, 0) is 57.0 Å². The summed E-state index contributed by atoms with van der Waals surface area (Å²) in [6.45, 7) is 8.08. The SMILES string of the molecule is CN1CCC[C@H]1C(=O)OC1CC2CCC1(C)C2(C)C. The molecule has 3 heteroatoms. The third-order valence-corrected chi connectivity index (χ3v) is 6.76. The summed E-state index contributed by atoms with van der Waals surface area (Å²) in [4.78, 5) is 14.5. The number of likely N-dealkylation sites (tertiary alicyclic amines) is 1. The van der Waals surface area contributed by atoms with E-state index >= 15 is 0 Å². The summed E-state index contributed by atoms with van der Waals surface area (Å²) >= 11 is 0. The van der Waals surface area contributed by atoms with Crippen LogP contribution in [-0.4, -0.2) is 36.6 Å². The molecule has 2 saturated carbocycles. The largest absolute Gasteiger partial charge is 0.461 e. The number of likely N-dealkylation sites (N-methyl/N-ethyl adjacent to an activating group) is 1. The van der Waals surface area contributed by atoms with E-state index in [2.05, 4.69) is 25.7 Å². The predicted molar refractivity (Wildman–Crippen MR) is 74.8 cm³/mol. The molecule has 3 aliphatic rings. The van der Waals surface area contributed by atoms with E-state index in [-0.39, 0.29) is 23.5 Å². The highest BCUT2D eigenvalue weighted by Gasteiger charge is 2.63. The van der Waals surface area contributed by atoms with E-state index in [0.717, 1.165) is 31.7 Å². The van der Waals surface area contributed by atoms with Crippen molar-refractivity contribution in [3.63, 3.8) is 0 Å². The number of hydrogen-bond acceptors (Lipinski definition) is 3. The first-order valence-corrected chi connectivity index (χ1v) is 7.77. The Hall–Kier alpha value is -0.570. The number of carbonyl (C=O) groups excluding carboxylic acids is 1. The first-order chi connectivity index (χ1) is 8.86. The van der Waals surface area contributed by atoms with Crippen LogP contribution >= 0.6 is 0 Å². The minimum atomic E-state index is 0.00541. The Bertz CT molecular complexity index is 392. The van der Waals surface area contributed by atoms with Gasteiger partial charge in [0.15, 0.2) is 0 Å². The molecule has 1 aliphatic heterocycles. The van der Waals surface area contributed by atoms with Gasteiger partial charge in [0.2, 0.25) is 0 Å². The van der Waals surface area contributed by atoms with Gasteiger partial charge in [0.25, 0.3) is 0 Å². The average Bonchev–Trinajstić information content (AvgIpc) is 2.90. The maximum Gasteiger partial charge on any atom is 0.323 e. The van der Waals surface area contributed by atoms with Crippen molar-refractivity contribution < 1.29 is 9.53 Å². The number of rotatable bonds is 2. The number of carbonyl (C=O) groups is 1. The van der Waals surface area contributed by atoms with Gasteiger partial charge in [-0.1, -0.05) is 20.8 Å². The van der Waals surface area contributed by atoms with Crippen molar-refractivity contribution in [2.24, 2.45) is 16.7 Å². The summed E-state index contributed by atoms with van der Waals surface area (Å²) in [7, 11) is 2.03. The minimum absolute atomic E-state index is 0.00541. The van der Waals surface area contributed by atoms with Crippen LogP contribution in [0.4, 0.5) is 0 Å². The normalized spacial score (nSPS) is 44.7. The molecule has 3 fully saturated rings. The lowest BCUT2D eigenvalue weighted by molar-refractivity contribution is -0.161. The van der Waals surface area contributed by atoms with Crippen molar-refractivity contribution in [3.05, 3.63) is 0 Å². The Balaban J connectivity index is 1.70. The molecule has 4 atom stereocenters. The zero-order valence-corrected chi connectivity index (χ0v) is 12.7. The Morgan fingerprint density at radius 2 is 2.00 bits per heavy atom. The number of nitrogens with zero attached hydrogens (tertiary/aromatic N) is 1. The Kier molecular flexibility index (Phi) is 2.97. The van der Waals surface area contributed by atoms with E-state index in [1.165, 1.54) is 12.8 Å². The van der Waals surface area contributed by atoms with Crippen molar-refractivity contribution in [1.29, 1.82) is 0 Å². The van der Waals surface area contributed by atoms with E-state index in [9.17, 15) is 4.79 Å². The molecule has 0 radical (unpaired) electrons. The topological polar surface area (TPSA) is 29.5 Å². The summed E-state index contributed by atoms with van der Waals surface area (Å²) in [6, 6.07) is 0.00541. The molecular weight excluding hydrogens is 238 g/mol. The molecule has 0 aromatic rings. The fourth-order valence-corrected chi connectivity index (χ4v) is 4.74. The third kappa shape index (κ3) is 1.77. The van der Waals surface area contributed by atoms with Crippen molar-refractivity contribution in [2.45, 2.75) is 65.0 Å². The highest BCUT2D eigenvalue weighted by Crippen LogP contribution is 2.66. The number of ether oxygens (including phenoxy) is 1. The molecule has 3 rings (SSSR count). The Morgan fingerprint density at radius 1 is 1.26 bits per heavy atom. The third-order valence-electron chi connectivity index (χ3n) is 6.76. The van der Waals surface area contributed by atoms with Crippen LogP contribution in [0.5, 0.6) is 0 Å². The summed E-state index contributed by atoms with van der Waals surface area (Å²) in [5.74, 6) is 0.756. The molecule has 108 valence electrons. The van der Waals surface area contributed by atoms with Gasteiger partial charge >= 0.3 is 5.97 Å². The molecule has 3 unspecified atom stereocenters. The molecule has 1 heterocycles. The molecule has 0 aromatic carbocycles. The average molecular weight is 265 g/mol. The van der Waals surface area contributed by atoms with Crippen molar-refractivity contribution in [1.82, 2.24) is 4.90 Å². The Labute approximate surface area is 116 Å². The monoisotopic (exact) mass is 265 g/mol. The smallest absolute Gasteiger partial charge is 0.323 e. The van der Waals surface area contributed by atoms with Gasteiger partial charge in [-0.2, -0.15) is 0 Å². The molecule has 0 amide bonds. The summed E-state index contributed by atoms with van der Waals surface area (Å²) in [5, 5.41) is 0. The molecule has 1 saturated heterocycles. The van der Waals surface area contributed by atoms with Gasteiger partial charge in [-0.3, -0.25) is 9.69 Å². The molecule has 0 aromatic heterocycles. The van der Waals surface area contributed by atoms with Crippen molar-refractivity contribution in [2.75, 3.05) is 13.6 Å². The zero-order chi connectivity index (χ0) is 13.8. The first kappa shape index (κ1) is 13.4. The van der Waals surface area contributed by atoms with Crippen molar-refractivity contribution >= 4 is 5.97 Å². The van der Waals surface area contributed by atoms with Crippen LogP contribution in [-0.2, 0) is 9.53 Å². The van der Waals surface area contributed by atoms with Crippen LogP contribution in [0.25, 0.3) is 0 Å². The maximum atomic E-state index is 12.4. The van der Waals surface area contributed by atoms with E-state index in [1.807, 2.05) is 7.05 Å². The number of hydrogen-bond donors (Lipinski definition) is 0. The van der Waals surface area contributed by atoms with E-state index in [0.29, 0.717) is 5.41 Å². The first-order valence-electron chi connectivity index (χ1n) is 7.77.